The van der Waals surface area contributed by atoms with E-state index in [1.807, 2.05) is 24.3 Å². The average molecular weight is 391 g/mol. The van der Waals surface area contributed by atoms with Crippen LogP contribution in [0.1, 0.15) is 36.1 Å². The monoisotopic (exact) mass is 391 g/mol. The van der Waals surface area contributed by atoms with E-state index in [0.717, 1.165) is 16.7 Å². The summed E-state index contributed by atoms with van der Waals surface area (Å²) in [5.74, 6) is -0.0843. The molecular weight excluding hydrogens is 366 g/mol. The molecule has 0 atom stereocenters. The van der Waals surface area contributed by atoms with Crippen LogP contribution in [-0.4, -0.2) is 19.4 Å². The maximum Gasteiger partial charge on any atom is 0.272 e. The first-order valence-corrected chi connectivity index (χ1v) is 10.3. The molecule has 0 saturated heterocycles. The summed E-state index contributed by atoms with van der Waals surface area (Å²) in [6, 6.07) is 12.3. The number of aryl methyl sites for hydroxylation is 1. The largest absolute Gasteiger partial charge is 0.309 e. The molecule has 0 saturated carbocycles. The van der Waals surface area contributed by atoms with Gasteiger partial charge in [-0.05, 0) is 37.5 Å². The van der Waals surface area contributed by atoms with Crippen LogP contribution in [0.4, 0.5) is 5.69 Å². The Bertz CT molecular complexity index is 911. The van der Waals surface area contributed by atoms with Crippen LogP contribution in [-0.2, 0) is 28.9 Å². The Morgan fingerprint density at radius 3 is 2.37 bits per heavy atom. The molecule has 0 amide bonds. The maximum atomic E-state index is 12.2. The van der Waals surface area contributed by atoms with Gasteiger partial charge in [-0.25, -0.2) is 13.1 Å². The van der Waals surface area contributed by atoms with Crippen molar-refractivity contribution >= 4 is 15.7 Å². The molecule has 0 radical (unpaired) electrons. The fourth-order valence-electron chi connectivity index (χ4n) is 2.78. The van der Waals surface area contributed by atoms with Crippen LogP contribution in [0.5, 0.6) is 0 Å². The summed E-state index contributed by atoms with van der Waals surface area (Å²) in [6.45, 7) is 6.19. The molecule has 7 nitrogen and oxygen atoms in total. The standard InChI is InChI=1S/C19H25N3O4S/c1-14(2)21-27(25,26)13-18-7-5-4-6-17(18)12-20-11-16-9-8-15(3)19(10-16)22(23)24/h4-10,14,20-21H,11-13H2,1-3H3. The summed E-state index contributed by atoms with van der Waals surface area (Å²) in [5, 5.41) is 14.3. The maximum absolute atomic E-state index is 12.2. The van der Waals surface area contributed by atoms with Crippen LogP contribution in [0, 0.1) is 17.0 Å². The van der Waals surface area contributed by atoms with E-state index < -0.39 is 10.0 Å². The molecule has 0 aromatic heterocycles. The van der Waals surface area contributed by atoms with Gasteiger partial charge in [-0.2, -0.15) is 0 Å². The minimum Gasteiger partial charge on any atom is -0.309 e. The molecule has 0 aliphatic carbocycles. The molecule has 27 heavy (non-hydrogen) atoms. The Kier molecular flexibility index (Phi) is 7.06. The number of sulfonamides is 1. The van der Waals surface area contributed by atoms with Gasteiger partial charge in [0.25, 0.3) is 5.69 Å². The lowest BCUT2D eigenvalue weighted by Crippen LogP contribution is -2.31. The first-order chi connectivity index (χ1) is 12.7. The van der Waals surface area contributed by atoms with Crippen molar-refractivity contribution < 1.29 is 13.3 Å². The Morgan fingerprint density at radius 1 is 1.07 bits per heavy atom. The van der Waals surface area contributed by atoms with E-state index in [4.69, 9.17) is 0 Å². The zero-order chi connectivity index (χ0) is 20.0. The van der Waals surface area contributed by atoms with E-state index in [9.17, 15) is 18.5 Å². The lowest BCUT2D eigenvalue weighted by Gasteiger charge is -2.13. The summed E-state index contributed by atoms with van der Waals surface area (Å²) in [7, 11) is -3.41. The lowest BCUT2D eigenvalue weighted by atomic mass is 10.1. The van der Waals surface area contributed by atoms with Crippen LogP contribution in [0.15, 0.2) is 42.5 Å². The van der Waals surface area contributed by atoms with Crippen LogP contribution in [0.3, 0.4) is 0 Å². The van der Waals surface area contributed by atoms with Crippen molar-refractivity contribution in [3.63, 3.8) is 0 Å². The van der Waals surface area contributed by atoms with Crippen molar-refractivity contribution in [2.24, 2.45) is 0 Å². The molecule has 0 spiro atoms. The second-order valence-corrected chi connectivity index (χ2v) is 8.54. The van der Waals surface area contributed by atoms with Gasteiger partial charge < -0.3 is 5.32 Å². The Labute approximate surface area is 160 Å². The van der Waals surface area contributed by atoms with Crippen LogP contribution in [0.2, 0.25) is 0 Å². The fraction of sp³-hybridized carbons (Fsp3) is 0.368. The van der Waals surface area contributed by atoms with Crippen molar-refractivity contribution in [2.75, 3.05) is 0 Å². The summed E-state index contributed by atoms with van der Waals surface area (Å²) < 4.78 is 27.0. The number of nitrogens with one attached hydrogen (secondary N) is 2. The van der Waals surface area contributed by atoms with E-state index in [2.05, 4.69) is 10.0 Å². The van der Waals surface area contributed by atoms with Gasteiger partial charge in [-0.1, -0.05) is 36.4 Å². The van der Waals surface area contributed by atoms with Gasteiger partial charge >= 0.3 is 0 Å². The Hall–Kier alpha value is -2.29. The van der Waals surface area contributed by atoms with E-state index in [-0.39, 0.29) is 22.4 Å². The van der Waals surface area contributed by atoms with Gasteiger partial charge in [-0.15, -0.1) is 0 Å². The quantitative estimate of drug-likeness (QED) is 0.505. The molecule has 0 heterocycles. The number of hydrogen-bond donors (Lipinski definition) is 2. The van der Waals surface area contributed by atoms with Crippen LogP contribution >= 0.6 is 0 Å². The number of nitro benzene ring substituents is 1. The van der Waals surface area contributed by atoms with E-state index in [1.54, 1.807) is 39.0 Å². The van der Waals surface area contributed by atoms with Crippen molar-refractivity contribution in [3.8, 4) is 0 Å². The van der Waals surface area contributed by atoms with Gasteiger partial charge in [0.15, 0.2) is 0 Å². The van der Waals surface area contributed by atoms with E-state index in [0.29, 0.717) is 18.7 Å². The van der Waals surface area contributed by atoms with Crippen molar-refractivity contribution in [1.29, 1.82) is 0 Å². The summed E-state index contributed by atoms with van der Waals surface area (Å²) in [5.41, 5.74) is 3.14. The highest BCUT2D eigenvalue weighted by molar-refractivity contribution is 7.88. The number of rotatable bonds is 9. The molecule has 0 bridgehead atoms. The number of nitrogens with zero attached hydrogens (tertiary/aromatic N) is 1. The van der Waals surface area contributed by atoms with Gasteiger partial charge in [0.2, 0.25) is 10.0 Å². The normalized spacial score (nSPS) is 11.7. The van der Waals surface area contributed by atoms with Crippen molar-refractivity contribution in [2.45, 2.75) is 45.7 Å². The average Bonchev–Trinajstić information content (AvgIpc) is 2.56. The minimum absolute atomic E-state index is 0.0843. The highest BCUT2D eigenvalue weighted by Crippen LogP contribution is 2.19. The first-order valence-electron chi connectivity index (χ1n) is 8.69. The third-order valence-corrected chi connectivity index (χ3v) is 5.52. The minimum atomic E-state index is -3.41. The second-order valence-electron chi connectivity index (χ2n) is 6.78. The van der Waals surface area contributed by atoms with Crippen molar-refractivity contribution in [3.05, 3.63) is 74.8 Å². The molecule has 0 fully saturated rings. The molecule has 0 aliphatic heterocycles. The molecule has 8 heteroatoms. The topological polar surface area (TPSA) is 101 Å². The van der Waals surface area contributed by atoms with Gasteiger partial charge in [0, 0.05) is 30.8 Å². The molecule has 0 unspecified atom stereocenters. The van der Waals surface area contributed by atoms with Crippen molar-refractivity contribution in [1.82, 2.24) is 10.0 Å². The number of hydrogen-bond acceptors (Lipinski definition) is 5. The third-order valence-electron chi connectivity index (χ3n) is 3.99. The van der Waals surface area contributed by atoms with Gasteiger partial charge in [0.05, 0.1) is 10.7 Å². The zero-order valence-electron chi connectivity index (χ0n) is 15.7. The molecule has 2 rings (SSSR count). The SMILES string of the molecule is Cc1ccc(CNCc2ccccc2CS(=O)(=O)NC(C)C)cc1[N+](=O)[O-]. The first kappa shape index (κ1) is 21.0. The van der Waals surface area contributed by atoms with Gasteiger partial charge in [0.1, 0.15) is 0 Å². The van der Waals surface area contributed by atoms with Gasteiger partial charge in [-0.3, -0.25) is 10.1 Å². The number of benzene rings is 2. The smallest absolute Gasteiger partial charge is 0.272 e. The summed E-state index contributed by atoms with van der Waals surface area (Å²) in [4.78, 5) is 10.7. The van der Waals surface area contributed by atoms with E-state index >= 15 is 0 Å². The molecular formula is C19H25N3O4S. The molecule has 2 aromatic carbocycles. The van der Waals surface area contributed by atoms with Crippen LogP contribution in [0.25, 0.3) is 0 Å². The highest BCUT2D eigenvalue weighted by Gasteiger charge is 2.15. The third kappa shape index (κ3) is 6.42. The Balaban J connectivity index is 2.05. The molecule has 2 aromatic rings. The predicted octanol–water partition coefficient (Wildman–Crippen LogP) is 3.02. The zero-order valence-corrected chi connectivity index (χ0v) is 16.5. The summed E-state index contributed by atoms with van der Waals surface area (Å²) in [6.07, 6.45) is 0. The second kappa shape index (κ2) is 9.07. The van der Waals surface area contributed by atoms with Crippen LogP contribution < -0.4 is 10.0 Å². The Morgan fingerprint density at radius 2 is 1.74 bits per heavy atom. The molecule has 2 N–H and O–H groups in total. The van der Waals surface area contributed by atoms with E-state index in [1.165, 1.54) is 0 Å². The number of nitro groups is 1. The molecule has 0 aliphatic rings. The lowest BCUT2D eigenvalue weighted by molar-refractivity contribution is -0.385. The molecule has 146 valence electrons. The highest BCUT2D eigenvalue weighted by atomic mass is 32.2. The predicted molar refractivity (Wildman–Crippen MR) is 106 cm³/mol. The fourth-order valence-corrected chi connectivity index (χ4v) is 4.27. The summed E-state index contributed by atoms with van der Waals surface area (Å²) >= 11 is 0.